The number of likely N-dealkylation sites (tertiary alicyclic amines) is 2. The lowest BCUT2D eigenvalue weighted by Gasteiger charge is -2.38. The van der Waals surface area contributed by atoms with Gasteiger partial charge in [-0.2, -0.15) is 0 Å². The van der Waals surface area contributed by atoms with E-state index < -0.39 is 5.60 Å². The number of hydrogen-bond donors (Lipinski definition) is 1. The van der Waals surface area contributed by atoms with Crippen molar-refractivity contribution in [1.29, 1.82) is 0 Å². The Bertz CT molecular complexity index is 695. The maximum atomic E-state index is 12.4. The average Bonchev–Trinajstić information content (AvgIpc) is 3.06. The van der Waals surface area contributed by atoms with E-state index >= 15 is 0 Å². The molecule has 0 aromatic heterocycles. The van der Waals surface area contributed by atoms with Gasteiger partial charge < -0.3 is 19.6 Å². The number of ether oxygens (including phenoxy) is 1. The monoisotopic (exact) mass is 374 g/mol. The molecular formula is C21H30N2O4. The third-order valence-electron chi connectivity index (χ3n) is 5.80. The van der Waals surface area contributed by atoms with Gasteiger partial charge in [0.1, 0.15) is 18.0 Å². The molecule has 6 nitrogen and oxygen atoms in total. The van der Waals surface area contributed by atoms with Crippen molar-refractivity contribution in [3.05, 3.63) is 29.3 Å². The first-order valence-corrected chi connectivity index (χ1v) is 9.84. The van der Waals surface area contributed by atoms with Gasteiger partial charge in [0.2, 0.25) is 11.8 Å². The summed E-state index contributed by atoms with van der Waals surface area (Å²) in [5.41, 5.74) is 1.47. The Hall–Kier alpha value is -2.08. The van der Waals surface area contributed by atoms with E-state index in [1.165, 1.54) is 5.56 Å². The number of carbonyl (C=O) groups is 2. The van der Waals surface area contributed by atoms with E-state index in [4.69, 9.17) is 4.74 Å². The minimum Gasteiger partial charge on any atom is -0.491 e. The second-order valence-electron chi connectivity index (χ2n) is 7.87. The third-order valence-corrected chi connectivity index (χ3v) is 5.80. The molecule has 2 heterocycles. The summed E-state index contributed by atoms with van der Waals surface area (Å²) < 4.78 is 5.81. The van der Waals surface area contributed by atoms with Gasteiger partial charge in [-0.15, -0.1) is 0 Å². The fourth-order valence-corrected chi connectivity index (χ4v) is 3.67. The van der Waals surface area contributed by atoms with Crippen molar-refractivity contribution in [2.45, 2.75) is 51.6 Å². The minimum absolute atomic E-state index is 0.0619. The number of piperidine rings is 1. The van der Waals surface area contributed by atoms with Crippen molar-refractivity contribution in [3.63, 3.8) is 0 Å². The molecule has 0 aliphatic carbocycles. The van der Waals surface area contributed by atoms with Crippen LogP contribution in [0.1, 0.15) is 43.2 Å². The van der Waals surface area contributed by atoms with Crippen molar-refractivity contribution in [1.82, 2.24) is 9.80 Å². The van der Waals surface area contributed by atoms with Crippen LogP contribution in [0.2, 0.25) is 0 Å². The Kier molecular flexibility index (Phi) is 6.05. The standard InChI is InChI=1S/C21H30N2O4/c1-16-5-6-18(14-17(16)2)27-15-21(26)8-12-23(13-9-21)20(25)7-11-22-10-3-4-19(22)24/h5-6,14,26H,3-4,7-13,15H2,1-2H3. The van der Waals surface area contributed by atoms with Gasteiger partial charge in [0.05, 0.1) is 0 Å². The van der Waals surface area contributed by atoms with Crippen LogP contribution in [-0.2, 0) is 9.59 Å². The van der Waals surface area contributed by atoms with Gasteiger partial charge in [0, 0.05) is 39.0 Å². The summed E-state index contributed by atoms with van der Waals surface area (Å²) >= 11 is 0. The third kappa shape index (κ3) is 5.01. The zero-order valence-corrected chi connectivity index (χ0v) is 16.4. The highest BCUT2D eigenvalue weighted by Gasteiger charge is 2.35. The first kappa shape index (κ1) is 19.7. The maximum Gasteiger partial charge on any atom is 0.224 e. The maximum absolute atomic E-state index is 12.4. The van der Waals surface area contributed by atoms with Crippen LogP contribution in [0.25, 0.3) is 0 Å². The van der Waals surface area contributed by atoms with Gasteiger partial charge in [-0.05, 0) is 56.4 Å². The average molecular weight is 374 g/mol. The van der Waals surface area contributed by atoms with Gasteiger partial charge in [0.25, 0.3) is 0 Å². The molecule has 0 spiro atoms. The van der Waals surface area contributed by atoms with Gasteiger partial charge in [0.15, 0.2) is 0 Å². The zero-order valence-electron chi connectivity index (χ0n) is 16.4. The molecule has 2 saturated heterocycles. The molecule has 2 aliphatic rings. The smallest absolute Gasteiger partial charge is 0.224 e. The van der Waals surface area contributed by atoms with E-state index in [0.717, 1.165) is 24.3 Å². The number of rotatable bonds is 6. The molecule has 2 aliphatic heterocycles. The fourth-order valence-electron chi connectivity index (χ4n) is 3.67. The molecule has 1 N–H and O–H groups in total. The van der Waals surface area contributed by atoms with Gasteiger partial charge in [-0.1, -0.05) is 6.07 Å². The van der Waals surface area contributed by atoms with Crippen molar-refractivity contribution >= 4 is 11.8 Å². The molecule has 0 atom stereocenters. The van der Waals surface area contributed by atoms with Gasteiger partial charge >= 0.3 is 0 Å². The number of benzene rings is 1. The molecule has 1 aromatic rings. The van der Waals surface area contributed by atoms with Crippen LogP contribution in [0.4, 0.5) is 0 Å². The number of aliphatic hydroxyl groups is 1. The van der Waals surface area contributed by atoms with E-state index in [1.807, 2.05) is 25.1 Å². The molecule has 3 rings (SSSR count). The predicted molar refractivity (Wildman–Crippen MR) is 103 cm³/mol. The molecule has 148 valence electrons. The number of hydrogen-bond acceptors (Lipinski definition) is 4. The second kappa shape index (κ2) is 8.30. The second-order valence-corrected chi connectivity index (χ2v) is 7.87. The molecule has 0 radical (unpaired) electrons. The van der Waals surface area contributed by atoms with Crippen molar-refractivity contribution in [2.24, 2.45) is 0 Å². The molecule has 0 bridgehead atoms. The zero-order chi connectivity index (χ0) is 19.4. The highest BCUT2D eigenvalue weighted by Crippen LogP contribution is 2.25. The molecule has 2 fully saturated rings. The van der Waals surface area contributed by atoms with Crippen molar-refractivity contribution in [3.8, 4) is 5.75 Å². The largest absolute Gasteiger partial charge is 0.491 e. The SMILES string of the molecule is Cc1ccc(OCC2(O)CCN(C(=O)CCN3CCCC3=O)CC2)cc1C. The van der Waals surface area contributed by atoms with Crippen molar-refractivity contribution < 1.29 is 19.4 Å². The minimum atomic E-state index is -0.902. The first-order valence-electron chi connectivity index (χ1n) is 9.84. The molecular weight excluding hydrogens is 344 g/mol. The van der Waals surface area contributed by atoms with Crippen LogP contribution in [0, 0.1) is 13.8 Å². The number of amides is 2. The Labute approximate surface area is 161 Å². The van der Waals surface area contributed by atoms with Crippen LogP contribution in [0.15, 0.2) is 18.2 Å². The van der Waals surface area contributed by atoms with Crippen molar-refractivity contribution in [2.75, 3.05) is 32.8 Å². The highest BCUT2D eigenvalue weighted by atomic mass is 16.5. The Morgan fingerprint density at radius 1 is 1.19 bits per heavy atom. The first-order chi connectivity index (χ1) is 12.9. The van der Waals surface area contributed by atoms with Crippen LogP contribution < -0.4 is 4.74 Å². The number of carbonyl (C=O) groups excluding carboxylic acids is 2. The lowest BCUT2D eigenvalue weighted by molar-refractivity contribution is -0.137. The molecule has 1 aromatic carbocycles. The predicted octanol–water partition coefficient (Wildman–Crippen LogP) is 2.05. The van der Waals surface area contributed by atoms with Crippen LogP contribution in [-0.4, -0.2) is 65.1 Å². The molecule has 2 amide bonds. The summed E-state index contributed by atoms with van der Waals surface area (Å²) in [5.74, 6) is 0.978. The summed E-state index contributed by atoms with van der Waals surface area (Å²) in [7, 11) is 0. The summed E-state index contributed by atoms with van der Waals surface area (Å²) in [6.45, 7) is 6.66. The topological polar surface area (TPSA) is 70.1 Å². The Balaban J connectivity index is 1.43. The molecule has 0 unspecified atom stereocenters. The van der Waals surface area contributed by atoms with Gasteiger partial charge in [-0.3, -0.25) is 9.59 Å². The van der Waals surface area contributed by atoms with E-state index in [0.29, 0.717) is 45.3 Å². The lowest BCUT2D eigenvalue weighted by Crippen LogP contribution is -2.50. The number of aryl methyl sites for hydroxylation is 2. The van der Waals surface area contributed by atoms with E-state index in [-0.39, 0.29) is 18.4 Å². The fraction of sp³-hybridized carbons (Fsp3) is 0.619. The van der Waals surface area contributed by atoms with Crippen LogP contribution in [0.5, 0.6) is 5.75 Å². The molecule has 0 saturated carbocycles. The number of nitrogens with zero attached hydrogens (tertiary/aromatic N) is 2. The quantitative estimate of drug-likeness (QED) is 0.827. The lowest BCUT2D eigenvalue weighted by atomic mass is 9.92. The summed E-state index contributed by atoms with van der Waals surface area (Å²) in [4.78, 5) is 27.6. The van der Waals surface area contributed by atoms with Crippen LogP contribution in [0.3, 0.4) is 0 Å². The van der Waals surface area contributed by atoms with E-state index in [1.54, 1.807) is 9.80 Å². The normalized spacial score (nSPS) is 19.4. The van der Waals surface area contributed by atoms with Gasteiger partial charge in [-0.25, -0.2) is 0 Å². The van der Waals surface area contributed by atoms with E-state index in [2.05, 4.69) is 6.92 Å². The summed E-state index contributed by atoms with van der Waals surface area (Å²) in [5, 5.41) is 10.8. The summed E-state index contributed by atoms with van der Waals surface area (Å²) in [6.07, 6.45) is 2.87. The Morgan fingerprint density at radius 3 is 2.56 bits per heavy atom. The van der Waals surface area contributed by atoms with E-state index in [9.17, 15) is 14.7 Å². The molecule has 6 heteroatoms. The highest BCUT2D eigenvalue weighted by molar-refractivity contribution is 5.80. The Morgan fingerprint density at radius 2 is 1.93 bits per heavy atom. The molecule has 27 heavy (non-hydrogen) atoms. The van der Waals surface area contributed by atoms with Crippen LogP contribution >= 0.6 is 0 Å². The summed E-state index contributed by atoms with van der Waals surface area (Å²) in [6, 6.07) is 5.92.